The molecule has 0 saturated heterocycles. The zero-order valence-corrected chi connectivity index (χ0v) is 32.4. The molecule has 10 aromatic carbocycles. The van der Waals surface area contributed by atoms with Crippen LogP contribution in [0.5, 0.6) is 0 Å². The summed E-state index contributed by atoms with van der Waals surface area (Å²) in [4.78, 5) is 15.1. The topological polar surface area (TPSA) is 62.5 Å². The van der Waals surface area contributed by atoms with Crippen LogP contribution in [0.2, 0.25) is 0 Å². The first-order valence-electron chi connectivity index (χ1n) is 20.1. The first-order valence-corrected chi connectivity index (χ1v) is 20.1. The standard InChI is InChI=1S/C56H34N4/c57-35-46-30-29-44(36-17-19-37(20-18-36)45-28-25-41-22-21-38-9-5-7-14-48(38)53(41)34-45)33-52(46)40-23-26-43(27-24-40)55-58-54(42-11-2-1-3-12-42)59-56(60-55)51-16-8-15-49-47-13-6-4-10-39(47)31-32-50(49)51/h1-34H. The summed E-state index contributed by atoms with van der Waals surface area (Å²) < 4.78 is 0. The van der Waals surface area contributed by atoms with Crippen molar-refractivity contribution in [1.82, 2.24) is 15.0 Å². The number of benzene rings is 10. The van der Waals surface area contributed by atoms with Crippen LogP contribution in [0.1, 0.15) is 5.56 Å². The van der Waals surface area contributed by atoms with E-state index in [-0.39, 0.29) is 0 Å². The molecule has 0 aliphatic carbocycles. The molecular formula is C56H34N4. The molecule has 0 amide bonds. The van der Waals surface area contributed by atoms with Crippen molar-refractivity contribution in [3.05, 3.63) is 212 Å². The van der Waals surface area contributed by atoms with Crippen molar-refractivity contribution in [3.63, 3.8) is 0 Å². The van der Waals surface area contributed by atoms with Crippen molar-refractivity contribution in [2.75, 3.05) is 0 Å². The van der Waals surface area contributed by atoms with Crippen LogP contribution in [0.15, 0.2) is 206 Å². The fraction of sp³-hybridized carbons (Fsp3) is 0. The molecule has 0 spiro atoms. The van der Waals surface area contributed by atoms with Gasteiger partial charge in [0.15, 0.2) is 17.5 Å². The summed E-state index contributed by atoms with van der Waals surface area (Å²) in [5.74, 6) is 1.80. The summed E-state index contributed by atoms with van der Waals surface area (Å²) in [5, 5.41) is 19.8. The zero-order valence-electron chi connectivity index (χ0n) is 32.4. The maximum absolute atomic E-state index is 10.2. The molecule has 0 atom stereocenters. The molecule has 0 saturated carbocycles. The van der Waals surface area contributed by atoms with E-state index in [2.05, 4.69) is 158 Å². The van der Waals surface area contributed by atoms with Gasteiger partial charge in [0, 0.05) is 22.3 Å². The van der Waals surface area contributed by atoms with Crippen molar-refractivity contribution in [2.24, 2.45) is 0 Å². The molecule has 11 aromatic rings. The smallest absolute Gasteiger partial charge is 0.164 e. The highest BCUT2D eigenvalue weighted by molar-refractivity contribution is 6.12. The van der Waals surface area contributed by atoms with Gasteiger partial charge in [0.25, 0.3) is 0 Å². The molecule has 1 aromatic heterocycles. The van der Waals surface area contributed by atoms with Crippen LogP contribution in [0.25, 0.3) is 111 Å². The normalized spacial score (nSPS) is 11.3. The highest BCUT2D eigenvalue weighted by Crippen LogP contribution is 2.36. The van der Waals surface area contributed by atoms with Crippen molar-refractivity contribution < 1.29 is 0 Å². The molecule has 4 heteroatoms. The van der Waals surface area contributed by atoms with E-state index < -0.39 is 0 Å². The molecule has 0 fully saturated rings. The minimum Gasteiger partial charge on any atom is -0.208 e. The summed E-state index contributed by atoms with van der Waals surface area (Å²) >= 11 is 0. The lowest BCUT2D eigenvalue weighted by Crippen LogP contribution is -2.00. The number of rotatable bonds is 6. The average molecular weight is 763 g/mol. The van der Waals surface area contributed by atoms with Gasteiger partial charge in [-0.3, -0.25) is 0 Å². The Morgan fingerprint density at radius 3 is 1.47 bits per heavy atom. The minimum absolute atomic E-state index is 0.581. The van der Waals surface area contributed by atoms with E-state index >= 15 is 0 Å². The fourth-order valence-electron chi connectivity index (χ4n) is 8.47. The van der Waals surface area contributed by atoms with Crippen LogP contribution in [0, 0.1) is 11.3 Å². The van der Waals surface area contributed by atoms with E-state index in [4.69, 9.17) is 15.0 Å². The Morgan fingerprint density at radius 2 is 0.767 bits per heavy atom. The molecule has 278 valence electrons. The number of nitriles is 1. The third kappa shape index (κ3) is 6.23. The van der Waals surface area contributed by atoms with Crippen molar-refractivity contribution in [2.45, 2.75) is 0 Å². The van der Waals surface area contributed by atoms with Crippen molar-refractivity contribution >= 4 is 43.1 Å². The second kappa shape index (κ2) is 14.6. The van der Waals surface area contributed by atoms with Crippen LogP contribution in [-0.2, 0) is 0 Å². The maximum atomic E-state index is 10.2. The highest BCUT2D eigenvalue weighted by Gasteiger charge is 2.16. The first-order chi connectivity index (χ1) is 29.7. The van der Waals surface area contributed by atoms with E-state index in [1.165, 1.54) is 37.9 Å². The number of nitrogens with zero attached hydrogens (tertiary/aromatic N) is 4. The van der Waals surface area contributed by atoms with Gasteiger partial charge in [-0.25, -0.2) is 15.0 Å². The van der Waals surface area contributed by atoms with E-state index in [0.29, 0.717) is 23.0 Å². The number of hydrogen-bond acceptors (Lipinski definition) is 4. The Morgan fingerprint density at radius 1 is 0.283 bits per heavy atom. The third-order valence-electron chi connectivity index (χ3n) is 11.6. The van der Waals surface area contributed by atoms with E-state index in [1.807, 2.05) is 54.6 Å². The SMILES string of the molecule is N#Cc1ccc(-c2ccc(-c3ccc4ccc5ccccc5c4c3)cc2)cc1-c1ccc(-c2nc(-c3ccccc3)nc(-c3cccc4c3ccc3ccccc34)n2)cc1. The van der Waals surface area contributed by atoms with Gasteiger partial charge >= 0.3 is 0 Å². The predicted molar refractivity (Wildman–Crippen MR) is 247 cm³/mol. The average Bonchev–Trinajstić information content (AvgIpc) is 3.33. The van der Waals surface area contributed by atoms with E-state index in [9.17, 15) is 5.26 Å². The second-order valence-electron chi connectivity index (χ2n) is 15.1. The van der Waals surface area contributed by atoms with Gasteiger partial charge in [-0.05, 0) is 89.1 Å². The monoisotopic (exact) mass is 762 g/mol. The Bertz CT molecular complexity index is 3480. The molecule has 11 rings (SSSR count). The summed E-state index contributed by atoms with van der Waals surface area (Å²) in [7, 11) is 0. The molecular weight excluding hydrogens is 729 g/mol. The lowest BCUT2D eigenvalue weighted by Gasteiger charge is -2.12. The summed E-state index contributed by atoms with van der Waals surface area (Å²) in [5.41, 5.74) is 9.61. The Labute approximate surface area is 347 Å². The van der Waals surface area contributed by atoms with Crippen molar-refractivity contribution in [1.29, 1.82) is 5.26 Å². The van der Waals surface area contributed by atoms with Crippen molar-refractivity contribution in [3.8, 4) is 73.6 Å². The lowest BCUT2D eigenvalue weighted by atomic mass is 9.93. The van der Waals surface area contributed by atoms with Gasteiger partial charge in [0.2, 0.25) is 0 Å². The van der Waals surface area contributed by atoms with Crippen LogP contribution in [0.3, 0.4) is 0 Å². The zero-order chi connectivity index (χ0) is 40.0. The van der Waals surface area contributed by atoms with E-state index in [1.54, 1.807) is 0 Å². The van der Waals surface area contributed by atoms with E-state index in [0.717, 1.165) is 55.3 Å². The first kappa shape index (κ1) is 34.9. The lowest BCUT2D eigenvalue weighted by molar-refractivity contribution is 1.08. The molecule has 0 bridgehead atoms. The van der Waals surface area contributed by atoms with Gasteiger partial charge in [0.1, 0.15) is 0 Å². The summed E-state index contributed by atoms with van der Waals surface area (Å²) in [6.07, 6.45) is 0. The molecule has 4 nitrogen and oxygen atoms in total. The second-order valence-corrected chi connectivity index (χ2v) is 15.1. The quantitative estimate of drug-likeness (QED) is 0.158. The Kier molecular flexibility index (Phi) is 8.50. The van der Waals surface area contributed by atoms with Crippen LogP contribution < -0.4 is 0 Å². The van der Waals surface area contributed by atoms with Gasteiger partial charge in [0.05, 0.1) is 11.6 Å². The fourth-order valence-corrected chi connectivity index (χ4v) is 8.47. The van der Waals surface area contributed by atoms with Gasteiger partial charge < -0.3 is 0 Å². The van der Waals surface area contributed by atoms with Gasteiger partial charge in [-0.2, -0.15) is 5.26 Å². The highest BCUT2D eigenvalue weighted by atomic mass is 15.0. The summed E-state index contributed by atoms with van der Waals surface area (Å²) in [6, 6.07) is 74.1. The van der Waals surface area contributed by atoms with Crippen LogP contribution >= 0.6 is 0 Å². The molecule has 0 N–H and O–H groups in total. The van der Waals surface area contributed by atoms with Gasteiger partial charge in [-0.15, -0.1) is 0 Å². The largest absolute Gasteiger partial charge is 0.208 e. The molecule has 1 heterocycles. The molecule has 0 unspecified atom stereocenters. The molecule has 0 aliphatic rings. The molecule has 0 radical (unpaired) electrons. The van der Waals surface area contributed by atoms with Crippen LogP contribution in [0.4, 0.5) is 0 Å². The number of fused-ring (bicyclic) bond motifs is 6. The minimum atomic E-state index is 0.581. The number of aromatic nitrogens is 3. The Hall–Kier alpha value is -8.26. The molecule has 60 heavy (non-hydrogen) atoms. The number of hydrogen-bond donors (Lipinski definition) is 0. The van der Waals surface area contributed by atoms with Gasteiger partial charge in [-0.1, -0.05) is 188 Å². The molecule has 0 aliphatic heterocycles. The third-order valence-corrected chi connectivity index (χ3v) is 11.6. The summed E-state index contributed by atoms with van der Waals surface area (Å²) in [6.45, 7) is 0. The van der Waals surface area contributed by atoms with Crippen LogP contribution in [-0.4, -0.2) is 15.0 Å². The predicted octanol–water partition coefficient (Wildman–Crippen LogP) is 14.4. The maximum Gasteiger partial charge on any atom is 0.164 e. The Balaban J connectivity index is 0.941.